The normalized spacial score (nSPS) is 12.9. The zero-order chi connectivity index (χ0) is 10.7. The van der Waals surface area contributed by atoms with Gasteiger partial charge in [-0.05, 0) is 11.6 Å². The second-order valence-corrected chi connectivity index (χ2v) is 3.48. The van der Waals surface area contributed by atoms with Gasteiger partial charge in [0.05, 0.1) is 18.2 Å². The SMILES string of the molecule is COCC(N)c1cccc2cccnc12. The van der Waals surface area contributed by atoms with Gasteiger partial charge in [-0.25, -0.2) is 0 Å². The number of nitrogens with two attached hydrogens (primary N) is 1. The van der Waals surface area contributed by atoms with Gasteiger partial charge in [-0.3, -0.25) is 4.98 Å². The number of benzene rings is 1. The lowest BCUT2D eigenvalue weighted by molar-refractivity contribution is 0.181. The Kier molecular flexibility index (Phi) is 2.94. The Hall–Kier alpha value is -1.45. The minimum Gasteiger partial charge on any atom is -0.383 e. The van der Waals surface area contributed by atoms with E-state index in [1.165, 1.54) is 0 Å². The molecule has 2 aromatic rings. The van der Waals surface area contributed by atoms with Gasteiger partial charge in [0.25, 0.3) is 0 Å². The standard InChI is InChI=1S/C12H14N2O/c1-15-8-11(13)10-6-2-4-9-5-3-7-14-12(9)10/h2-7,11H,8,13H2,1H3. The van der Waals surface area contributed by atoms with E-state index >= 15 is 0 Å². The number of fused-ring (bicyclic) bond motifs is 1. The minimum atomic E-state index is -0.117. The van der Waals surface area contributed by atoms with E-state index in [0.29, 0.717) is 6.61 Å². The van der Waals surface area contributed by atoms with Crippen molar-refractivity contribution in [3.8, 4) is 0 Å². The summed E-state index contributed by atoms with van der Waals surface area (Å²) in [6, 6.07) is 9.87. The molecule has 0 aliphatic heterocycles. The van der Waals surface area contributed by atoms with Crippen molar-refractivity contribution in [2.24, 2.45) is 5.73 Å². The molecule has 15 heavy (non-hydrogen) atoms. The molecule has 0 aliphatic rings. The largest absolute Gasteiger partial charge is 0.383 e. The van der Waals surface area contributed by atoms with Gasteiger partial charge < -0.3 is 10.5 Å². The Morgan fingerprint density at radius 2 is 2.13 bits per heavy atom. The zero-order valence-corrected chi connectivity index (χ0v) is 8.68. The maximum Gasteiger partial charge on any atom is 0.0750 e. The van der Waals surface area contributed by atoms with Gasteiger partial charge in [0.1, 0.15) is 0 Å². The average Bonchev–Trinajstić information content (AvgIpc) is 2.28. The molecule has 1 heterocycles. The summed E-state index contributed by atoms with van der Waals surface area (Å²) in [5.41, 5.74) is 8.01. The van der Waals surface area contributed by atoms with Crippen LogP contribution in [-0.2, 0) is 4.74 Å². The second-order valence-electron chi connectivity index (χ2n) is 3.48. The van der Waals surface area contributed by atoms with E-state index in [2.05, 4.69) is 4.98 Å². The summed E-state index contributed by atoms with van der Waals surface area (Å²) < 4.78 is 5.05. The van der Waals surface area contributed by atoms with E-state index < -0.39 is 0 Å². The lowest BCUT2D eigenvalue weighted by atomic mass is 10.0. The molecule has 0 aliphatic carbocycles. The number of hydrogen-bond acceptors (Lipinski definition) is 3. The van der Waals surface area contributed by atoms with Crippen LogP contribution in [0.3, 0.4) is 0 Å². The lowest BCUT2D eigenvalue weighted by Crippen LogP contribution is -2.16. The number of para-hydroxylation sites is 1. The number of hydrogen-bond donors (Lipinski definition) is 1. The first-order valence-electron chi connectivity index (χ1n) is 4.91. The van der Waals surface area contributed by atoms with Gasteiger partial charge >= 0.3 is 0 Å². The van der Waals surface area contributed by atoms with E-state index in [1.54, 1.807) is 13.3 Å². The van der Waals surface area contributed by atoms with E-state index in [0.717, 1.165) is 16.5 Å². The zero-order valence-electron chi connectivity index (χ0n) is 8.68. The molecule has 1 aromatic heterocycles. The Morgan fingerprint density at radius 3 is 2.93 bits per heavy atom. The van der Waals surface area contributed by atoms with Crippen LogP contribution < -0.4 is 5.73 Å². The first kappa shape index (κ1) is 10.1. The molecule has 0 spiro atoms. The monoisotopic (exact) mass is 202 g/mol. The van der Waals surface area contributed by atoms with E-state index in [-0.39, 0.29) is 6.04 Å². The van der Waals surface area contributed by atoms with Gasteiger partial charge in [0.15, 0.2) is 0 Å². The minimum absolute atomic E-state index is 0.117. The maximum atomic E-state index is 6.01. The molecule has 0 amide bonds. The van der Waals surface area contributed by atoms with Crippen LogP contribution in [0.5, 0.6) is 0 Å². The highest BCUT2D eigenvalue weighted by Crippen LogP contribution is 2.20. The summed E-state index contributed by atoms with van der Waals surface area (Å²) in [7, 11) is 1.65. The summed E-state index contributed by atoms with van der Waals surface area (Å²) in [4.78, 5) is 4.35. The molecule has 1 atom stereocenters. The van der Waals surface area contributed by atoms with Crippen LogP contribution >= 0.6 is 0 Å². The van der Waals surface area contributed by atoms with Crippen molar-refractivity contribution in [1.29, 1.82) is 0 Å². The predicted octanol–water partition coefficient (Wildman–Crippen LogP) is 1.88. The number of nitrogens with zero attached hydrogens (tertiary/aromatic N) is 1. The topological polar surface area (TPSA) is 48.1 Å². The molecule has 2 rings (SSSR count). The van der Waals surface area contributed by atoms with Crippen molar-refractivity contribution in [3.05, 3.63) is 42.1 Å². The summed E-state index contributed by atoms with van der Waals surface area (Å²) in [5, 5.41) is 1.11. The average molecular weight is 202 g/mol. The summed E-state index contributed by atoms with van der Waals surface area (Å²) in [5.74, 6) is 0. The Morgan fingerprint density at radius 1 is 1.33 bits per heavy atom. The first-order chi connectivity index (χ1) is 7.33. The number of aromatic nitrogens is 1. The molecule has 1 aromatic carbocycles. The van der Waals surface area contributed by atoms with Crippen LogP contribution in [0, 0.1) is 0 Å². The Bertz CT molecular complexity index is 451. The fourth-order valence-electron chi connectivity index (χ4n) is 1.70. The van der Waals surface area contributed by atoms with Crippen LogP contribution in [0.2, 0.25) is 0 Å². The van der Waals surface area contributed by atoms with E-state index in [9.17, 15) is 0 Å². The number of methoxy groups -OCH3 is 1. The van der Waals surface area contributed by atoms with Crippen molar-refractivity contribution < 1.29 is 4.74 Å². The molecule has 3 nitrogen and oxygen atoms in total. The third kappa shape index (κ3) is 1.98. The smallest absolute Gasteiger partial charge is 0.0750 e. The molecular weight excluding hydrogens is 188 g/mol. The highest BCUT2D eigenvalue weighted by atomic mass is 16.5. The quantitative estimate of drug-likeness (QED) is 0.826. The molecule has 0 bridgehead atoms. The highest BCUT2D eigenvalue weighted by molar-refractivity contribution is 5.81. The summed E-state index contributed by atoms with van der Waals surface area (Å²) in [6.07, 6.45) is 1.78. The van der Waals surface area contributed by atoms with Gasteiger partial charge in [-0.15, -0.1) is 0 Å². The predicted molar refractivity (Wildman–Crippen MR) is 60.5 cm³/mol. The molecule has 0 fully saturated rings. The van der Waals surface area contributed by atoms with Crippen LogP contribution in [0.4, 0.5) is 0 Å². The van der Waals surface area contributed by atoms with E-state index in [4.69, 9.17) is 10.5 Å². The van der Waals surface area contributed by atoms with Gasteiger partial charge in [-0.1, -0.05) is 24.3 Å². The molecule has 0 saturated carbocycles. The first-order valence-corrected chi connectivity index (χ1v) is 4.91. The fraction of sp³-hybridized carbons (Fsp3) is 0.250. The highest BCUT2D eigenvalue weighted by Gasteiger charge is 2.09. The summed E-state index contributed by atoms with van der Waals surface area (Å²) >= 11 is 0. The molecule has 1 unspecified atom stereocenters. The van der Waals surface area contributed by atoms with Crippen molar-refractivity contribution >= 4 is 10.9 Å². The molecule has 2 N–H and O–H groups in total. The van der Waals surface area contributed by atoms with Crippen LogP contribution in [0.25, 0.3) is 10.9 Å². The fourth-order valence-corrected chi connectivity index (χ4v) is 1.70. The molecule has 0 saturated heterocycles. The number of ether oxygens (including phenoxy) is 1. The molecular formula is C12H14N2O. The number of rotatable bonds is 3. The third-order valence-corrected chi connectivity index (χ3v) is 2.41. The Balaban J connectivity index is 2.50. The van der Waals surface area contributed by atoms with Crippen LogP contribution in [0.1, 0.15) is 11.6 Å². The summed E-state index contributed by atoms with van der Waals surface area (Å²) in [6.45, 7) is 0.510. The molecule has 0 radical (unpaired) electrons. The third-order valence-electron chi connectivity index (χ3n) is 2.41. The molecule has 78 valence electrons. The van der Waals surface area contributed by atoms with Crippen molar-refractivity contribution in [2.75, 3.05) is 13.7 Å². The van der Waals surface area contributed by atoms with Gasteiger partial charge in [0, 0.05) is 18.7 Å². The maximum absolute atomic E-state index is 6.01. The Labute approximate surface area is 88.9 Å². The van der Waals surface area contributed by atoms with Crippen LogP contribution in [0.15, 0.2) is 36.5 Å². The number of pyridine rings is 1. The van der Waals surface area contributed by atoms with Crippen LogP contribution in [-0.4, -0.2) is 18.7 Å². The molecule has 3 heteroatoms. The van der Waals surface area contributed by atoms with Gasteiger partial charge in [-0.2, -0.15) is 0 Å². The van der Waals surface area contributed by atoms with E-state index in [1.807, 2.05) is 30.3 Å². The van der Waals surface area contributed by atoms with Crippen molar-refractivity contribution in [2.45, 2.75) is 6.04 Å². The van der Waals surface area contributed by atoms with Crippen molar-refractivity contribution in [1.82, 2.24) is 4.98 Å². The van der Waals surface area contributed by atoms with Gasteiger partial charge in [0.2, 0.25) is 0 Å². The lowest BCUT2D eigenvalue weighted by Gasteiger charge is -2.12. The van der Waals surface area contributed by atoms with Crippen molar-refractivity contribution in [3.63, 3.8) is 0 Å². The second kappa shape index (κ2) is 4.38.